The molecule has 2 rings (SSSR count). The number of benzene rings is 1. The molecule has 0 aliphatic carbocycles. The Labute approximate surface area is 126 Å². The van der Waals surface area contributed by atoms with Gasteiger partial charge in [0.2, 0.25) is 0 Å². The molecule has 2 aromatic rings. The second kappa shape index (κ2) is 7.36. The molecule has 0 saturated heterocycles. The van der Waals surface area contributed by atoms with Gasteiger partial charge in [0, 0.05) is 30.3 Å². The summed E-state index contributed by atoms with van der Waals surface area (Å²) in [4.78, 5) is 0. The van der Waals surface area contributed by atoms with Crippen LogP contribution >= 0.6 is 0 Å². The van der Waals surface area contributed by atoms with Gasteiger partial charge in [0.1, 0.15) is 5.82 Å². The summed E-state index contributed by atoms with van der Waals surface area (Å²) in [7, 11) is 0. The van der Waals surface area contributed by atoms with Crippen molar-refractivity contribution in [2.24, 2.45) is 0 Å². The van der Waals surface area contributed by atoms with E-state index in [1.54, 1.807) is 6.07 Å². The van der Waals surface area contributed by atoms with Crippen LogP contribution in [0.3, 0.4) is 0 Å². The van der Waals surface area contributed by atoms with Gasteiger partial charge in [0.15, 0.2) is 0 Å². The highest BCUT2D eigenvalue weighted by Gasteiger charge is 2.17. The summed E-state index contributed by atoms with van der Waals surface area (Å²) in [6.45, 7) is 7.87. The second-order valence-electron chi connectivity index (χ2n) is 5.13. The molecule has 0 saturated carbocycles. The number of aromatic nitrogens is 2. The minimum atomic E-state index is -0.151. The quantitative estimate of drug-likeness (QED) is 0.845. The Hall–Kier alpha value is -1.68. The van der Waals surface area contributed by atoms with Crippen molar-refractivity contribution in [2.75, 3.05) is 6.54 Å². The third-order valence-electron chi connectivity index (χ3n) is 3.72. The standard InChI is InChI=1S/C17H24FN3/c1-4-13-11-14(21(6-3)20-13)12-17(19-5-2)15-9-7-8-10-16(15)18/h7-11,17,19H,4-6,12H2,1-3H3. The Morgan fingerprint density at radius 2 is 2.00 bits per heavy atom. The minimum absolute atomic E-state index is 0.0251. The lowest BCUT2D eigenvalue weighted by molar-refractivity contribution is 0.490. The van der Waals surface area contributed by atoms with Crippen molar-refractivity contribution in [2.45, 2.75) is 46.2 Å². The molecule has 1 heterocycles. The lowest BCUT2D eigenvalue weighted by Crippen LogP contribution is -2.25. The zero-order valence-electron chi connectivity index (χ0n) is 13.1. The fourth-order valence-electron chi connectivity index (χ4n) is 2.63. The molecule has 0 bridgehead atoms. The number of halogens is 1. The van der Waals surface area contributed by atoms with Crippen molar-refractivity contribution < 1.29 is 4.39 Å². The maximum Gasteiger partial charge on any atom is 0.127 e. The average molecular weight is 289 g/mol. The van der Waals surface area contributed by atoms with Crippen LogP contribution in [0.4, 0.5) is 4.39 Å². The van der Waals surface area contributed by atoms with Crippen LogP contribution < -0.4 is 5.32 Å². The molecule has 1 atom stereocenters. The molecule has 1 unspecified atom stereocenters. The van der Waals surface area contributed by atoms with E-state index < -0.39 is 0 Å². The highest BCUT2D eigenvalue weighted by Crippen LogP contribution is 2.22. The van der Waals surface area contributed by atoms with Crippen LogP contribution in [0.1, 0.15) is 43.8 Å². The van der Waals surface area contributed by atoms with Crippen LogP contribution in [0.25, 0.3) is 0 Å². The first-order chi connectivity index (χ1) is 10.2. The normalized spacial score (nSPS) is 12.6. The fourth-order valence-corrected chi connectivity index (χ4v) is 2.63. The van der Waals surface area contributed by atoms with Crippen molar-refractivity contribution in [1.82, 2.24) is 15.1 Å². The molecular formula is C17H24FN3. The van der Waals surface area contributed by atoms with Gasteiger partial charge in [-0.1, -0.05) is 32.0 Å². The molecule has 0 aliphatic heterocycles. The first-order valence-electron chi connectivity index (χ1n) is 7.72. The van der Waals surface area contributed by atoms with Gasteiger partial charge in [-0.2, -0.15) is 5.10 Å². The molecule has 0 radical (unpaired) electrons. The Morgan fingerprint density at radius 3 is 2.62 bits per heavy atom. The summed E-state index contributed by atoms with van der Waals surface area (Å²) in [5, 5.41) is 7.96. The van der Waals surface area contributed by atoms with E-state index in [0.29, 0.717) is 0 Å². The summed E-state index contributed by atoms with van der Waals surface area (Å²) in [6.07, 6.45) is 1.67. The molecular weight excluding hydrogens is 265 g/mol. The van der Waals surface area contributed by atoms with Gasteiger partial charge in [-0.25, -0.2) is 4.39 Å². The van der Waals surface area contributed by atoms with Gasteiger partial charge in [-0.3, -0.25) is 4.68 Å². The van der Waals surface area contributed by atoms with Gasteiger partial charge in [0.25, 0.3) is 0 Å². The SMILES string of the molecule is CCNC(Cc1cc(CC)nn1CC)c1ccccc1F. The van der Waals surface area contributed by atoms with Crippen molar-refractivity contribution in [1.29, 1.82) is 0 Å². The maximum atomic E-state index is 14.1. The smallest absolute Gasteiger partial charge is 0.127 e. The first-order valence-corrected chi connectivity index (χ1v) is 7.72. The van der Waals surface area contributed by atoms with E-state index in [9.17, 15) is 4.39 Å². The molecule has 21 heavy (non-hydrogen) atoms. The van der Waals surface area contributed by atoms with Gasteiger partial charge >= 0.3 is 0 Å². The summed E-state index contributed by atoms with van der Waals surface area (Å²) in [5.41, 5.74) is 2.97. The highest BCUT2D eigenvalue weighted by atomic mass is 19.1. The van der Waals surface area contributed by atoms with E-state index in [2.05, 4.69) is 30.3 Å². The number of hydrogen-bond donors (Lipinski definition) is 1. The van der Waals surface area contributed by atoms with Crippen LogP contribution in [0.5, 0.6) is 0 Å². The summed E-state index contributed by atoms with van der Waals surface area (Å²) >= 11 is 0. The minimum Gasteiger partial charge on any atom is -0.310 e. The van der Waals surface area contributed by atoms with Crippen LogP contribution in [0, 0.1) is 5.82 Å². The van der Waals surface area contributed by atoms with E-state index >= 15 is 0 Å². The number of aryl methyl sites for hydroxylation is 2. The Kier molecular flexibility index (Phi) is 5.51. The average Bonchev–Trinajstić information content (AvgIpc) is 2.89. The van der Waals surface area contributed by atoms with E-state index in [0.717, 1.165) is 42.9 Å². The first kappa shape index (κ1) is 15.7. The van der Waals surface area contributed by atoms with E-state index in [1.807, 2.05) is 23.7 Å². The molecule has 3 nitrogen and oxygen atoms in total. The third kappa shape index (κ3) is 3.70. The Bertz CT molecular complexity index is 577. The second-order valence-corrected chi connectivity index (χ2v) is 5.13. The van der Waals surface area contributed by atoms with Gasteiger partial charge in [-0.15, -0.1) is 0 Å². The molecule has 1 aromatic carbocycles. The molecule has 0 aliphatic rings. The number of rotatable bonds is 7. The van der Waals surface area contributed by atoms with E-state index in [-0.39, 0.29) is 11.9 Å². The van der Waals surface area contributed by atoms with Crippen molar-refractivity contribution in [3.63, 3.8) is 0 Å². The molecule has 1 N–H and O–H groups in total. The monoisotopic (exact) mass is 289 g/mol. The lowest BCUT2D eigenvalue weighted by atomic mass is 10.0. The van der Waals surface area contributed by atoms with Crippen LogP contribution in [-0.4, -0.2) is 16.3 Å². The molecule has 4 heteroatoms. The predicted molar refractivity (Wildman–Crippen MR) is 83.8 cm³/mol. The predicted octanol–water partition coefficient (Wildman–Crippen LogP) is 3.50. The third-order valence-corrected chi connectivity index (χ3v) is 3.72. The van der Waals surface area contributed by atoms with Crippen LogP contribution in [0.2, 0.25) is 0 Å². The summed E-state index contributed by atoms with van der Waals surface area (Å²) < 4.78 is 16.1. The molecule has 114 valence electrons. The number of hydrogen-bond acceptors (Lipinski definition) is 2. The van der Waals surface area contributed by atoms with Crippen molar-refractivity contribution in [3.05, 3.63) is 53.1 Å². The number of nitrogens with one attached hydrogen (secondary N) is 1. The van der Waals surface area contributed by atoms with E-state index in [1.165, 1.54) is 6.07 Å². The van der Waals surface area contributed by atoms with Crippen LogP contribution in [0.15, 0.2) is 30.3 Å². The van der Waals surface area contributed by atoms with Gasteiger partial charge < -0.3 is 5.32 Å². The zero-order chi connectivity index (χ0) is 15.2. The van der Waals surface area contributed by atoms with Gasteiger partial charge in [-0.05, 0) is 32.0 Å². The van der Waals surface area contributed by atoms with E-state index in [4.69, 9.17) is 0 Å². The summed E-state index contributed by atoms with van der Waals surface area (Å²) in [5.74, 6) is -0.151. The molecule has 0 spiro atoms. The van der Waals surface area contributed by atoms with Crippen LogP contribution in [-0.2, 0) is 19.4 Å². The molecule has 0 amide bonds. The summed E-state index contributed by atoms with van der Waals surface area (Å²) in [6, 6.07) is 9.10. The zero-order valence-corrected chi connectivity index (χ0v) is 13.1. The fraction of sp³-hybridized carbons (Fsp3) is 0.471. The molecule has 0 fully saturated rings. The van der Waals surface area contributed by atoms with Crippen molar-refractivity contribution >= 4 is 0 Å². The van der Waals surface area contributed by atoms with Crippen molar-refractivity contribution in [3.8, 4) is 0 Å². The largest absolute Gasteiger partial charge is 0.310 e. The molecule has 1 aromatic heterocycles. The topological polar surface area (TPSA) is 29.9 Å². The Morgan fingerprint density at radius 1 is 1.24 bits per heavy atom. The number of nitrogens with zero attached hydrogens (tertiary/aromatic N) is 2. The Balaban J connectivity index is 2.28. The maximum absolute atomic E-state index is 14.1. The highest BCUT2D eigenvalue weighted by molar-refractivity contribution is 5.24. The van der Waals surface area contributed by atoms with Gasteiger partial charge in [0.05, 0.1) is 5.69 Å². The lowest BCUT2D eigenvalue weighted by Gasteiger charge is -2.19. The number of likely N-dealkylation sites (N-methyl/N-ethyl adjacent to an activating group) is 1.